The fourth-order valence-corrected chi connectivity index (χ4v) is 5.04. The van der Waals surface area contributed by atoms with E-state index in [0.29, 0.717) is 23.3 Å². The lowest BCUT2D eigenvalue weighted by Gasteiger charge is -2.10. The summed E-state index contributed by atoms with van der Waals surface area (Å²) in [4.78, 5) is 0.117. The summed E-state index contributed by atoms with van der Waals surface area (Å²) in [5, 5.41) is 4.50. The van der Waals surface area contributed by atoms with Crippen LogP contribution in [0.25, 0.3) is 11.0 Å². The molecule has 0 amide bonds. The lowest BCUT2D eigenvalue weighted by Crippen LogP contribution is -2.14. The van der Waals surface area contributed by atoms with Gasteiger partial charge in [0.2, 0.25) is 0 Å². The molecule has 2 aromatic heterocycles. The number of rotatable bonds is 5. The Morgan fingerprint density at radius 3 is 2.68 bits per heavy atom. The van der Waals surface area contributed by atoms with E-state index in [1.54, 1.807) is 24.3 Å². The van der Waals surface area contributed by atoms with E-state index in [4.69, 9.17) is 0 Å². The number of aryl methyl sites for hydroxylation is 1. The number of anilines is 1. The lowest BCUT2D eigenvalue weighted by molar-refractivity contribution is 0.602. The van der Waals surface area contributed by atoms with Gasteiger partial charge in [0.15, 0.2) is 0 Å². The van der Waals surface area contributed by atoms with Crippen LogP contribution >= 0.6 is 27.7 Å². The van der Waals surface area contributed by atoms with Gasteiger partial charge in [0.1, 0.15) is 15.9 Å². The average Bonchev–Trinajstić information content (AvgIpc) is 3.22. The minimum atomic E-state index is -3.79. The van der Waals surface area contributed by atoms with E-state index >= 15 is 0 Å². The molecule has 1 N–H and O–H groups in total. The van der Waals surface area contributed by atoms with Crippen LogP contribution in [0.5, 0.6) is 0 Å². The van der Waals surface area contributed by atoms with Gasteiger partial charge >= 0.3 is 0 Å². The minimum Gasteiger partial charge on any atom is -0.280 e. The topological polar surface area (TPSA) is 89.8 Å². The molecule has 10 heteroatoms. The molecule has 0 aliphatic carbocycles. The molecule has 144 valence electrons. The maximum absolute atomic E-state index is 12.9. The fourth-order valence-electron chi connectivity index (χ4n) is 2.94. The van der Waals surface area contributed by atoms with Crippen molar-refractivity contribution in [1.29, 1.82) is 0 Å². The molecule has 0 atom stereocenters. The molecule has 0 unspecified atom stereocenters. The fraction of sp³-hybridized carbons (Fsp3) is 0.167. The van der Waals surface area contributed by atoms with Crippen LogP contribution in [-0.4, -0.2) is 26.9 Å². The molecular weight excluding hydrogens is 462 g/mol. The number of nitrogens with zero attached hydrogens (tertiary/aromatic N) is 4. The highest BCUT2D eigenvalue weighted by Crippen LogP contribution is 2.25. The lowest BCUT2D eigenvalue weighted by atomic mass is 10.2. The molecule has 0 fully saturated rings. The molecule has 0 aliphatic rings. The summed E-state index contributed by atoms with van der Waals surface area (Å²) in [5.74, 6) is 0. The Morgan fingerprint density at radius 1 is 1.14 bits per heavy atom. The number of fused-ring (bicyclic) bond motifs is 1. The van der Waals surface area contributed by atoms with E-state index < -0.39 is 10.0 Å². The van der Waals surface area contributed by atoms with Crippen molar-refractivity contribution in [2.24, 2.45) is 0 Å². The van der Waals surface area contributed by atoms with Gasteiger partial charge in [-0.3, -0.25) is 9.40 Å². The van der Waals surface area contributed by atoms with E-state index in [2.05, 4.69) is 34.5 Å². The molecule has 28 heavy (non-hydrogen) atoms. The van der Waals surface area contributed by atoms with Gasteiger partial charge in [-0.05, 0) is 59.6 Å². The summed E-state index contributed by atoms with van der Waals surface area (Å²) in [6.07, 6.45) is 0. The second-order valence-corrected chi connectivity index (χ2v) is 9.31. The molecule has 2 heterocycles. The molecule has 2 aromatic carbocycles. The number of sulfonamides is 1. The monoisotopic (exact) mass is 477 g/mol. The Kier molecular flexibility index (Phi) is 4.94. The van der Waals surface area contributed by atoms with Crippen LogP contribution in [0.4, 0.5) is 5.69 Å². The van der Waals surface area contributed by atoms with E-state index in [0.717, 1.165) is 33.2 Å². The Balaban J connectivity index is 1.63. The van der Waals surface area contributed by atoms with E-state index in [1.807, 2.05) is 30.7 Å². The third kappa shape index (κ3) is 3.54. The van der Waals surface area contributed by atoms with Gasteiger partial charge < -0.3 is 0 Å². The largest absolute Gasteiger partial charge is 0.280 e. The standard InChI is InChI=1S/C18H16BrN5O2S2/c1-11-17(19)12(2)24(20-11)10-13-5-3-6-14(9-13)23-28(25,26)16-8-4-7-15-18(16)22-27-21-15/h3-9,23H,10H2,1-2H3. The van der Waals surface area contributed by atoms with Crippen molar-refractivity contribution in [3.63, 3.8) is 0 Å². The first-order chi connectivity index (χ1) is 13.3. The van der Waals surface area contributed by atoms with Crippen LogP contribution in [0.1, 0.15) is 17.0 Å². The predicted octanol–water partition coefficient (Wildman–Crippen LogP) is 4.12. The molecule has 0 bridgehead atoms. The van der Waals surface area contributed by atoms with Crippen molar-refractivity contribution in [2.75, 3.05) is 4.72 Å². The first kappa shape index (κ1) is 19.0. The van der Waals surface area contributed by atoms with Crippen LogP contribution < -0.4 is 4.72 Å². The van der Waals surface area contributed by atoms with Crippen molar-refractivity contribution in [2.45, 2.75) is 25.3 Å². The van der Waals surface area contributed by atoms with Gasteiger partial charge in [0.25, 0.3) is 10.0 Å². The SMILES string of the molecule is Cc1nn(Cc2cccc(NS(=O)(=O)c3cccc4nsnc34)c2)c(C)c1Br. The number of aromatic nitrogens is 4. The maximum atomic E-state index is 12.9. The Hall–Kier alpha value is -2.30. The molecule has 0 radical (unpaired) electrons. The molecule has 0 aliphatic heterocycles. The predicted molar refractivity (Wildman–Crippen MR) is 113 cm³/mol. The number of hydrogen-bond acceptors (Lipinski definition) is 6. The van der Waals surface area contributed by atoms with E-state index in [-0.39, 0.29) is 4.90 Å². The van der Waals surface area contributed by atoms with Crippen LogP contribution in [0.2, 0.25) is 0 Å². The van der Waals surface area contributed by atoms with Gasteiger partial charge in [-0.15, -0.1) is 0 Å². The van der Waals surface area contributed by atoms with Crippen LogP contribution in [-0.2, 0) is 16.6 Å². The van der Waals surface area contributed by atoms with Crippen molar-refractivity contribution in [3.05, 3.63) is 63.9 Å². The van der Waals surface area contributed by atoms with Gasteiger partial charge in [-0.25, -0.2) is 8.42 Å². The highest BCUT2D eigenvalue weighted by Gasteiger charge is 2.20. The third-order valence-corrected chi connectivity index (χ3v) is 7.45. The summed E-state index contributed by atoms with van der Waals surface area (Å²) >= 11 is 4.52. The first-order valence-electron chi connectivity index (χ1n) is 8.38. The van der Waals surface area contributed by atoms with Crippen molar-refractivity contribution >= 4 is 54.4 Å². The smallest absolute Gasteiger partial charge is 0.264 e. The summed E-state index contributed by atoms with van der Waals surface area (Å²) in [6, 6.07) is 12.2. The van der Waals surface area contributed by atoms with Gasteiger partial charge in [0, 0.05) is 5.69 Å². The van der Waals surface area contributed by atoms with Gasteiger partial charge in [-0.2, -0.15) is 13.8 Å². The highest BCUT2D eigenvalue weighted by atomic mass is 79.9. The Bertz CT molecular complexity index is 1280. The molecule has 0 spiro atoms. The number of hydrogen-bond donors (Lipinski definition) is 1. The maximum Gasteiger partial charge on any atom is 0.264 e. The minimum absolute atomic E-state index is 0.117. The summed E-state index contributed by atoms with van der Waals surface area (Å²) in [6.45, 7) is 4.46. The quantitative estimate of drug-likeness (QED) is 0.466. The second kappa shape index (κ2) is 7.26. The van der Waals surface area contributed by atoms with Crippen molar-refractivity contribution in [1.82, 2.24) is 18.5 Å². The van der Waals surface area contributed by atoms with E-state index in [9.17, 15) is 8.42 Å². The number of halogens is 1. The van der Waals surface area contributed by atoms with Crippen LogP contribution in [0, 0.1) is 13.8 Å². The van der Waals surface area contributed by atoms with Gasteiger partial charge in [0.05, 0.1) is 34.1 Å². The van der Waals surface area contributed by atoms with E-state index in [1.165, 1.54) is 6.07 Å². The zero-order chi connectivity index (χ0) is 19.9. The Morgan fingerprint density at radius 2 is 1.93 bits per heavy atom. The van der Waals surface area contributed by atoms with Crippen molar-refractivity contribution < 1.29 is 8.42 Å². The zero-order valence-corrected chi connectivity index (χ0v) is 18.3. The normalized spacial score (nSPS) is 11.8. The highest BCUT2D eigenvalue weighted by molar-refractivity contribution is 9.10. The molecule has 7 nitrogen and oxygen atoms in total. The van der Waals surface area contributed by atoms with Crippen molar-refractivity contribution in [3.8, 4) is 0 Å². The molecular formula is C18H16BrN5O2S2. The summed E-state index contributed by atoms with van der Waals surface area (Å²) < 4.78 is 39.5. The number of nitrogens with one attached hydrogen (secondary N) is 1. The average molecular weight is 478 g/mol. The first-order valence-corrected chi connectivity index (χ1v) is 11.4. The zero-order valence-electron chi connectivity index (χ0n) is 15.0. The van der Waals surface area contributed by atoms with Gasteiger partial charge in [-0.1, -0.05) is 18.2 Å². The Labute approximate surface area is 174 Å². The molecule has 0 saturated heterocycles. The summed E-state index contributed by atoms with van der Waals surface area (Å²) in [7, 11) is -3.79. The van der Waals surface area contributed by atoms with Crippen LogP contribution in [0.15, 0.2) is 51.8 Å². The molecule has 0 saturated carbocycles. The summed E-state index contributed by atoms with van der Waals surface area (Å²) in [5.41, 5.74) is 4.30. The second-order valence-electron chi connectivity index (χ2n) is 6.34. The third-order valence-electron chi connectivity index (χ3n) is 4.34. The van der Waals surface area contributed by atoms with Crippen LogP contribution in [0.3, 0.4) is 0 Å². The molecule has 4 rings (SSSR count). The molecule has 4 aromatic rings. The number of benzene rings is 2.